The molecule has 0 aliphatic rings. The van der Waals surface area contributed by atoms with Gasteiger partial charge in [0, 0.05) is 0 Å². The lowest BCUT2D eigenvalue weighted by Crippen LogP contribution is -2.46. The zero-order valence-electron chi connectivity index (χ0n) is 13.0. The van der Waals surface area contributed by atoms with Crippen molar-refractivity contribution < 1.29 is 17.6 Å². The van der Waals surface area contributed by atoms with Gasteiger partial charge in [0.05, 0.1) is 12.8 Å². The molecule has 0 saturated heterocycles. The first-order chi connectivity index (χ1) is 10.9. The summed E-state index contributed by atoms with van der Waals surface area (Å²) in [6, 6.07) is 5.82. The molecule has 2 aromatic rings. The highest BCUT2D eigenvalue weighted by molar-refractivity contribution is 7.91. The molecule has 8 heteroatoms. The minimum absolute atomic E-state index is 0.167. The summed E-state index contributed by atoms with van der Waals surface area (Å²) in [6.45, 7) is 4.10. The van der Waals surface area contributed by atoms with Gasteiger partial charge in [-0.15, -0.1) is 11.3 Å². The van der Waals surface area contributed by atoms with Crippen molar-refractivity contribution in [2.45, 2.75) is 37.1 Å². The maximum Gasteiger partial charge on any atom is 0.250 e. The number of thiophene rings is 1. The van der Waals surface area contributed by atoms with Crippen LogP contribution in [-0.2, 0) is 21.4 Å². The van der Waals surface area contributed by atoms with Crippen molar-refractivity contribution in [1.82, 2.24) is 10.0 Å². The van der Waals surface area contributed by atoms with Crippen LogP contribution in [-0.4, -0.2) is 20.4 Å². The summed E-state index contributed by atoms with van der Waals surface area (Å²) >= 11 is 1.12. The van der Waals surface area contributed by atoms with Crippen LogP contribution < -0.4 is 10.0 Å². The molecule has 0 bridgehead atoms. The van der Waals surface area contributed by atoms with Gasteiger partial charge in [0.15, 0.2) is 0 Å². The van der Waals surface area contributed by atoms with Gasteiger partial charge >= 0.3 is 0 Å². The largest absolute Gasteiger partial charge is 0.467 e. The van der Waals surface area contributed by atoms with Crippen LogP contribution in [0.4, 0.5) is 0 Å². The van der Waals surface area contributed by atoms with E-state index in [1.807, 2.05) is 13.8 Å². The first-order valence-electron chi connectivity index (χ1n) is 7.24. The van der Waals surface area contributed by atoms with Crippen LogP contribution >= 0.6 is 11.3 Å². The molecule has 126 valence electrons. The molecule has 0 aliphatic carbocycles. The second kappa shape index (κ2) is 7.76. The number of nitrogens with one attached hydrogen (secondary N) is 2. The van der Waals surface area contributed by atoms with E-state index in [2.05, 4.69) is 10.0 Å². The fourth-order valence-electron chi connectivity index (χ4n) is 2.05. The summed E-state index contributed by atoms with van der Waals surface area (Å²) < 4.78 is 32.5. The normalized spacial score (nSPS) is 13.2. The Morgan fingerprint density at radius 1 is 1.30 bits per heavy atom. The van der Waals surface area contributed by atoms with Crippen molar-refractivity contribution in [3.8, 4) is 0 Å². The van der Waals surface area contributed by atoms with Crippen LogP contribution in [0, 0.1) is 5.92 Å². The number of hydrogen-bond donors (Lipinski definition) is 2. The average molecular weight is 356 g/mol. The van der Waals surface area contributed by atoms with E-state index in [0.29, 0.717) is 12.2 Å². The molecule has 0 spiro atoms. The standard InChI is InChI=1S/C15H20N2O4S2/c1-11(2)9-13(15(18)16-10-12-5-3-7-21-12)17-23(19,20)14-6-4-8-22-14/h3-8,11,13,17H,9-10H2,1-2H3,(H,16,18)/t13-/m1/s1. The van der Waals surface area contributed by atoms with Gasteiger partial charge in [0.25, 0.3) is 10.0 Å². The van der Waals surface area contributed by atoms with Gasteiger partial charge in [-0.1, -0.05) is 19.9 Å². The Balaban J connectivity index is 2.05. The molecule has 6 nitrogen and oxygen atoms in total. The molecule has 0 aromatic carbocycles. The van der Waals surface area contributed by atoms with E-state index in [1.54, 1.807) is 23.6 Å². The highest BCUT2D eigenvalue weighted by Crippen LogP contribution is 2.17. The van der Waals surface area contributed by atoms with E-state index in [4.69, 9.17) is 4.42 Å². The summed E-state index contributed by atoms with van der Waals surface area (Å²) in [7, 11) is -3.69. The second-order valence-corrected chi connectivity index (χ2v) is 8.42. The van der Waals surface area contributed by atoms with Crippen molar-refractivity contribution in [3.63, 3.8) is 0 Å². The minimum Gasteiger partial charge on any atom is -0.467 e. The van der Waals surface area contributed by atoms with Gasteiger partial charge < -0.3 is 9.73 Å². The van der Waals surface area contributed by atoms with E-state index in [0.717, 1.165) is 11.3 Å². The van der Waals surface area contributed by atoms with Gasteiger partial charge in [-0.25, -0.2) is 8.42 Å². The SMILES string of the molecule is CC(C)C[C@@H](NS(=O)(=O)c1cccs1)C(=O)NCc1ccco1. The number of sulfonamides is 1. The van der Waals surface area contributed by atoms with Gasteiger partial charge in [-0.3, -0.25) is 4.79 Å². The van der Waals surface area contributed by atoms with Crippen LogP contribution in [0.25, 0.3) is 0 Å². The molecule has 0 aliphatic heterocycles. The molecule has 0 fully saturated rings. The minimum atomic E-state index is -3.69. The maximum atomic E-state index is 12.3. The average Bonchev–Trinajstić information content (AvgIpc) is 3.16. The highest BCUT2D eigenvalue weighted by atomic mass is 32.2. The smallest absolute Gasteiger partial charge is 0.250 e. The molecule has 0 unspecified atom stereocenters. The second-order valence-electron chi connectivity index (χ2n) is 5.53. The van der Waals surface area contributed by atoms with Crippen molar-refractivity contribution in [2.75, 3.05) is 0 Å². The summed E-state index contributed by atoms with van der Waals surface area (Å²) in [5.74, 6) is 0.415. The molecule has 23 heavy (non-hydrogen) atoms. The van der Waals surface area contributed by atoms with E-state index in [9.17, 15) is 13.2 Å². The maximum absolute atomic E-state index is 12.3. The fraction of sp³-hybridized carbons (Fsp3) is 0.400. The molecule has 2 N–H and O–H groups in total. The Morgan fingerprint density at radius 3 is 2.65 bits per heavy atom. The lowest BCUT2D eigenvalue weighted by Gasteiger charge is -2.19. The van der Waals surface area contributed by atoms with Crippen LogP contribution in [0.1, 0.15) is 26.0 Å². The number of carbonyl (C=O) groups is 1. The molecule has 2 heterocycles. The first-order valence-corrected chi connectivity index (χ1v) is 9.60. The molecule has 0 radical (unpaired) electrons. The van der Waals surface area contributed by atoms with Crippen molar-refractivity contribution in [3.05, 3.63) is 41.7 Å². The van der Waals surface area contributed by atoms with Crippen LogP contribution in [0.2, 0.25) is 0 Å². The zero-order valence-corrected chi connectivity index (χ0v) is 14.6. The Labute approximate surface area is 139 Å². The van der Waals surface area contributed by atoms with Gasteiger partial charge in [0.1, 0.15) is 16.0 Å². The monoisotopic (exact) mass is 356 g/mol. The molecular weight excluding hydrogens is 336 g/mol. The molecule has 0 saturated carbocycles. The Kier molecular flexibility index (Phi) is 5.97. The first kappa shape index (κ1) is 17.7. The highest BCUT2D eigenvalue weighted by Gasteiger charge is 2.27. The molecule has 2 rings (SSSR count). The Morgan fingerprint density at radius 2 is 2.09 bits per heavy atom. The van der Waals surface area contributed by atoms with Gasteiger partial charge in [-0.05, 0) is 35.9 Å². The number of carbonyl (C=O) groups excluding carboxylic acids is 1. The van der Waals surface area contributed by atoms with Crippen LogP contribution in [0.5, 0.6) is 0 Å². The quantitative estimate of drug-likeness (QED) is 0.760. The molecule has 2 aromatic heterocycles. The predicted octanol–water partition coefficient (Wildman–Crippen LogP) is 2.35. The Bertz CT molecular complexity index is 707. The third-order valence-electron chi connectivity index (χ3n) is 3.10. The zero-order chi connectivity index (χ0) is 16.9. The summed E-state index contributed by atoms with van der Waals surface area (Å²) in [6.07, 6.45) is 1.93. The number of amides is 1. The van der Waals surface area contributed by atoms with E-state index >= 15 is 0 Å². The van der Waals surface area contributed by atoms with E-state index < -0.39 is 16.1 Å². The summed E-state index contributed by atoms with van der Waals surface area (Å²) in [4.78, 5) is 12.3. The molecular formula is C15H20N2O4S2. The number of hydrogen-bond acceptors (Lipinski definition) is 5. The van der Waals surface area contributed by atoms with Crippen molar-refractivity contribution >= 4 is 27.3 Å². The predicted molar refractivity (Wildman–Crippen MR) is 88.4 cm³/mol. The number of furan rings is 1. The van der Waals surface area contributed by atoms with Crippen LogP contribution in [0.3, 0.4) is 0 Å². The van der Waals surface area contributed by atoms with Crippen molar-refractivity contribution in [1.29, 1.82) is 0 Å². The number of rotatable bonds is 8. The third kappa shape index (κ3) is 5.19. The van der Waals surface area contributed by atoms with Gasteiger partial charge in [0.2, 0.25) is 5.91 Å². The van der Waals surface area contributed by atoms with E-state index in [1.165, 1.54) is 12.3 Å². The summed E-state index contributed by atoms with van der Waals surface area (Å²) in [5.41, 5.74) is 0. The summed E-state index contributed by atoms with van der Waals surface area (Å²) in [5, 5.41) is 4.39. The lowest BCUT2D eigenvalue weighted by molar-refractivity contribution is -0.123. The molecule has 1 atom stereocenters. The van der Waals surface area contributed by atoms with E-state index in [-0.39, 0.29) is 22.6 Å². The lowest BCUT2D eigenvalue weighted by atomic mass is 10.0. The van der Waals surface area contributed by atoms with Gasteiger partial charge in [-0.2, -0.15) is 4.72 Å². The van der Waals surface area contributed by atoms with Crippen LogP contribution in [0.15, 0.2) is 44.5 Å². The fourth-order valence-corrected chi connectivity index (χ4v) is 4.27. The molecule has 1 amide bonds. The third-order valence-corrected chi connectivity index (χ3v) is 5.97. The Hall–Kier alpha value is -1.64. The topological polar surface area (TPSA) is 88.4 Å². The van der Waals surface area contributed by atoms with Crippen molar-refractivity contribution in [2.24, 2.45) is 5.92 Å².